The lowest BCUT2D eigenvalue weighted by Gasteiger charge is -2.48. The van der Waals surface area contributed by atoms with Crippen molar-refractivity contribution in [2.45, 2.75) is 18.9 Å². The first-order valence-corrected chi connectivity index (χ1v) is 12.0. The molecule has 1 saturated carbocycles. The van der Waals surface area contributed by atoms with Gasteiger partial charge < -0.3 is 15.0 Å². The highest BCUT2D eigenvalue weighted by Gasteiger charge is 2.43. The lowest BCUT2D eigenvalue weighted by molar-refractivity contribution is -0.137. The molecule has 3 aliphatic heterocycles. The predicted octanol–water partition coefficient (Wildman–Crippen LogP) is 1.28. The van der Waals surface area contributed by atoms with Crippen molar-refractivity contribution in [3.63, 3.8) is 0 Å². The van der Waals surface area contributed by atoms with Crippen LogP contribution in [0.4, 0.5) is 5.69 Å². The summed E-state index contributed by atoms with van der Waals surface area (Å²) in [6.07, 6.45) is 5.52. The molecule has 0 spiro atoms. The number of piperazine rings is 1. The molecule has 1 aliphatic carbocycles. The number of nitriles is 2. The van der Waals surface area contributed by atoms with E-state index < -0.39 is 0 Å². The number of halogens is 1. The molecule has 1 N–H and O–H groups in total. The zero-order valence-corrected chi connectivity index (χ0v) is 20.5. The minimum atomic E-state index is -0.0550. The molecule has 0 atom stereocenters. The third kappa shape index (κ3) is 4.38. The number of carbonyl (C=O) groups is 1. The van der Waals surface area contributed by atoms with E-state index in [0.29, 0.717) is 37.8 Å². The van der Waals surface area contributed by atoms with E-state index in [1.807, 2.05) is 35.4 Å². The number of amides is 1. The molecule has 1 amide bonds. The fraction of sp³-hybridized carbons (Fsp3) is 0.391. The average Bonchev–Trinajstić information content (AvgIpc) is 3.65. The van der Waals surface area contributed by atoms with Gasteiger partial charge in [-0.2, -0.15) is 25.6 Å². The van der Waals surface area contributed by atoms with Crippen molar-refractivity contribution in [1.29, 1.82) is 10.5 Å². The number of para-hydroxylation sites is 1. The van der Waals surface area contributed by atoms with Crippen molar-refractivity contribution in [2.24, 2.45) is 5.10 Å². The third-order valence-electron chi connectivity index (χ3n) is 6.15. The number of benzene rings is 1. The Bertz CT molecular complexity index is 1190. The van der Waals surface area contributed by atoms with Gasteiger partial charge in [0.15, 0.2) is 23.5 Å². The molecule has 1 saturated heterocycles. The standard InChI is InChI=1S/C23H25ClN10O2/c1-36-15-20(35)29-9-11-31(12-10-29)34(18-5-3-2-4-6-18)33-21(27-17-7-8-17)22-30(16-26)14-19(13-25)32(22)28-23(33)24/h2-6,14,17,27H,7-12,15H2,1H3. The van der Waals surface area contributed by atoms with Crippen LogP contribution in [-0.2, 0) is 9.53 Å². The molecule has 1 aromatic carbocycles. The molecule has 4 aliphatic rings. The first kappa shape index (κ1) is 23.8. The van der Waals surface area contributed by atoms with Crippen molar-refractivity contribution in [2.75, 3.05) is 45.0 Å². The highest BCUT2D eigenvalue weighted by Crippen LogP contribution is 2.37. The molecular formula is C23H25ClN10O2. The summed E-state index contributed by atoms with van der Waals surface area (Å²) < 4.78 is 5.01. The molecule has 3 heterocycles. The molecule has 0 aromatic heterocycles. The van der Waals surface area contributed by atoms with Gasteiger partial charge in [0.2, 0.25) is 11.2 Å². The monoisotopic (exact) mass is 508 g/mol. The highest BCUT2D eigenvalue weighted by atomic mass is 35.5. The number of allylic oxidation sites excluding steroid dienone is 1. The van der Waals surface area contributed by atoms with E-state index in [0.717, 1.165) is 18.5 Å². The lowest BCUT2D eigenvalue weighted by Crippen LogP contribution is -2.63. The zero-order chi connectivity index (χ0) is 25.2. The molecule has 36 heavy (non-hydrogen) atoms. The maximum Gasteiger partial charge on any atom is 0.248 e. The molecule has 186 valence electrons. The topological polar surface area (TPSA) is 118 Å². The number of fused-ring (bicyclic) bond motifs is 1. The number of hydrogen-bond acceptors (Lipinski definition) is 11. The van der Waals surface area contributed by atoms with E-state index in [9.17, 15) is 15.3 Å². The summed E-state index contributed by atoms with van der Waals surface area (Å²) >= 11 is 6.82. The van der Waals surface area contributed by atoms with Crippen molar-refractivity contribution in [3.8, 4) is 12.3 Å². The van der Waals surface area contributed by atoms with Gasteiger partial charge in [0.1, 0.15) is 12.7 Å². The van der Waals surface area contributed by atoms with Gasteiger partial charge in [0.05, 0.1) is 11.9 Å². The number of ether oxygens (including phenoxy) is 1. The maximum absolute atomic E-state index is 12.4. The molecule has 12 nitrogen and oxygen atoms in total. The van der Waals surface area contributed by atoms with Gasteiger partial charge in [-0.3, -0.25) is 4.79 Å². The summed E-state index contributed by atoms with van der Waals surface area (Å²) in [6, 6.07) is 12.0. The normalized spacial score (nSPS) is 19.9. The van der Waals surface area contributed by atoms with Gasteiger partial charge >= 0.3 is 0 Å². The van der Waals surface area contributed by atoms with E-state index in [2.05, 4.69) is 27.7 Å². The number of nitrogens with one attached hydrogen (secondary N) is 1. The van der Waals surface area contributed by atoms with E-state index in [1.165, 1.54) is 23.2 Å². The Morgan fingerprint density at radius 2 is 1.94 bits per heavy atom. The summed E-state index contributed by atoms with van der Waals surface area (Å²) in [4.78, 5) is 15.4. The summed E-state index contributed by atoms with van der Waals surface area (Å²) in [5, 5.41) is 34.6. The first-order chi connectivity index (χ1) is 17.5. The fourth-order valence-corrected chi connectivity index (χ4v) is 4.50. The van der Waals surface area contributed by atoms with Gasteiger partial charge in [-0.15, -0.1) is 5.10 Å². The average molecular weight is 509 g/mol. The number of anilines is 1. The van der Waals surface area contributed by atoms with Crippen LogP contribution in [0.5, 0.6) is 0 Å². The Kier molecular flexibility index (Phi) is 6.57. The molecule has 0 unspecified atom stereocenters. The number of hydrazine groups is 2. The van der Waals surface area contributed by atoms with Crippen LogP contribution in [0, 0.1) is 22.8 Å². The van der Waals surface area contributed by atoms with Crippen LogP contribution in [0.15, 0.2) is 59.0 Å². The number of methoxy groups -OCH3 is 1. The molecular weight excluding hydrogens is 484 g/mol. The summed E-state index contributed by atoms with van der Waals surface area (Å²) in [5.74, 6) is 0.892. The third-order valence-corrected chi connectivity index (χ3v) is 6.39. The quantitative estimate of drug-likeness (QED) is 0.426. The maximum atomic E-state index is 12.4. The van der Waals surface area contributed by atoms with Gasteiger partial charge in [0.25, 0.3) is 0 Å². The Labute approximate surface area is 214 Å². The fourth-order valence-electron chi connectivity index (χ4n) is 4.27. The zero-order valence-electron chi connectivity index (χ0n) is 19.7. The minimum absolute atomic E-state index is 0.0443. The largest absolute Gasteiger partial charge is 0.375 e. The van der Waals surface area contributed by atoms with Crippen LogP contribution in [0.1, 0.15) is 12.8 Å². The van der Waals surface area contributed by atoms with Crippen molar-refractivity contribution in [1.82, 2.24) is 30.1 Å². The Hall–Kier alpha value is -3.97. The number of nitrogens with zero attached hydrogens (tertiary/aromatic N) is 9. The number of hydrogen-bond donors (Lipinski definition) is 1. The van der Waals surface area contributed by atoms with Crippen LogP contribution in [0.25, 0.3) is 0 Å². The predicted molar refractivity (Wildman–Crippen MR) is 130 cm³/mol. The molecule has 0 radical (unpaired) electrons. The van der Waals surface area contributed by atoms with E-state index in [-0.39, 0.29) is 29.5 Å². The number of amidine groups is 1. The van der Waals surface area contributed by atoms with E-state index in [1.54, 1.807) is 9.91 Å². The van der Waals surface area contributed by atoms with E-state index >= 15 is 0 Å². The second kappa shape index (κ2) is 9.95. The van der Waals surface area contributed by atoms with Crippen LogP contribution in [0.3, 0.4) is 0 Å². The second-order valence-corrected chi connectivity index (χ2v) is 8.91. The van der Waals surface area contributed by atoms with Crippen LogP contribution in [-0.4, -0.2) is 82.0 Å². The van der Waals surface area contributed by atoms with Crippen molar-refractivity contribution < 1.29 is 9.53 Å². The highest BCUT2D eigenvalue weighted by molar-refractivity contribution is 6.64. The lowest BCUT2D eigenvalue weighted by atomic mass is 10.3. The second-order valence-electron chi connectivity index (χ2n) is 8.57. The van der Waals surface area contributed by atoms with Crippen LogP contribution < -0.4 is 10.4 Å². The van der Waals surface area contributed by atoms with Crippen molar-refractivity contribution >= 4 is 28.5 Å². The van der Waals surface area contributed by atoms with Gasteiger partial charge in [0, 0.05) is 39.3 Å². The van der Waals surface area contributed by atoms with Gasteiger partial charge in [-0.25, -0.2) is 10.0 Å². The summed E-state index contributed by atoms with van der Waals surface area (Å²) in [5.41, 5.74) is 1.01. The van der Waals surface area contributed by atoms with Crippen LogP contribution in [0.2, 0.25) is 0 Å². The van der Waals surface area contributed by atoms with E-state index in [4.69, 9.17) is 16.3 Å². The van der Waals surface area contributed by atoms with Crippen molar-refractivity contribution in [3.05, 3.63) is 53.9 Å². The SMILES string of the molecule is COCC(=O)N1CCN(N(c2ccccc2)N2C(Cl)=NN3C(C#N)=CN(C#N)C3=C2NC2CC2)CC1. The molecule has 5 rings (SSSR count). The number of carbonyl (C=O) groups excluding carboxylic acids is 1. The smallest absolute Gasteiger partial charge is 0.248 e. The molecule has 0 bridgehead atoms. The number of hydrazone groups is 1. The first-order valence-electron chi connectivity index (χ1n) is 11.6. The van der Waals surface area contributed by atoms with Crippen LogP contribution >= 0.6 is 11.6 Å². The van der Waals surface area contributed by atoms with Gasteiger partial charge in [-0.1, -0.05) is 18.2 Å². The molecule has 1 aromatic rings. The Morgan fingerprint density at radius 1 is 1.22 bits per heavy atom. The Balaban J connectivity index is 1.54. The molecule has 2 fully saturated rings. The summed E-state index contributed by atoms with van der Waals surface area (Å²) in [6.45, 7) is 2.12. The Morgan fingerprint density at radius 3 is 2.56 bits per heavy atom. The summed E-state index contributed by atoms with van der Waals surface area (Å²) in [7, 11) is 1.51. The van der Waals surface area contributed by atoms with Gasteiger partial charge in [-0.05, 0) is 36.6 Å². The number of rotatable bonds is 7. The molecule has 13 heteroatoms. The minimum Gasteiger partial charge on any atom is -0.375 e.